The maximum absolute atomic E-state index is 12.0. The Labute approximate surface area is 126 Å². The lowest BCUT2D eigenvalue weighted by atomic mass is 10.0. The van der Waals surface area contributed by atoms with Gasteiger partial charge in [0.25, 0.3) is 0 Å². The van der Waals surface area contributed by atoms with Crippen molar-refractivity contribution in [3.05, 3.63) is 58.0 Å². The van der Waals surface area contributed by atoms with Gasteiger partial charge in [0, 0.05) is 30.5 Å². The monoisotopic (exact) mass is 300 g/mol. The number of nitrogen functional groups attached to an aromatic ring is 1. The van der Waals surface area contributed by atoms with Crippen molar-refractivity contribution in [2.75, 3.05) is 5.73 Å². The first-order valence-corrected chi connectivity index (χ1v) is 6.71. The average Bonchev–Trinajstić information content (AvgIpc) is 2.76. The number of aryl methyl sites for hydroxylation is 1. The number of aromatic amines is 1. The number of nitrogens with two attached hydrogens (primary N) is 1. The number of nitrogens with zero attached hydrogens (tertiary/aromatic N) is 2. The predicted molar refractivity (Wildman–Crippen MR) is 84.1 cm³/mol. The number of hydrogen-bond acceptors (Lipinski definition) is 3. The van der Waals surface area contributed by atoms with Gasteiger partial charge in [0.2, 0.25) is 0 Å². The first kappa shape index (κ1) is 13.5. The summed E-state index contributed by atoms with van der Waals surface area (Å²) in [4.78, 5) is 15.0. The van der Waals surface area contributed by atoms with Gasteiger partial charge in [-0.3, -0.25) is 9.48 Å². The summed E-state index contributed by atoms with van der Waals surface area (Å²) in [6.07, 6.45) is 3.21. The number of pyridine rings is 1. The van der Waals surface area contributed by atoms with Gasteiger partial charge in [0.15, 0.2) is 5.43 Å². The van der Waals surface area contributed by atoms with E-state index in [1.165, 1.54) is 6.07 Å². The first-order valence-electron chi connectivity index (χ1n) is 6.34. The molecule has 1 aromatic carbocycles. The SMILES string of the molecule is Cn1nc(-c2c[nH]ccc2=O)c(-c2ccc(Cl)cc2)c1N. The van der Waals surface area contributed by atoms with E-state index >= 15 is 0 Å². The van der Waals surface area contributed by atoms with Gasteiger partial charge in [-0.25, -0.2) is 0 Å². The topological polar surface area (TPSA) is 76.7 Å². The van der Waals surface area contributed by atoms with Crippen molar-refractivity contribution in [2.45, 2.75) is 0 Å². The molecule has 0 amide bonds. The van der Waals surface area contributed by atoms with Crippen LogP contribution >= 0.6 is 11.6 Å². The molecule has 6 heteroatoms. The molecule has 3 rings (SSSR count). The standard InChI is InChI=1S/C15H13ClN4O/c1-20-15(17)13(9-2-4-10(16)5-3-9)14(19-20)11-8-18-7-6-12(11)21/h2-8H,17H2,1H3,(H,18,21). The normalized spacial score (nSPS) is 10.8. The van der Waals surface area contributed by atoms with Crippen LogP contribution in [-0.2, 0) is 7.05 Å². The fourth-order valence-corrected chi connectivity index (χ4v) is 2.35. The number of H-pyrrole nitrogens is 1. The van der Waals surface area contributed by atoms with Gasteiger partial charge in [-0.2, -0.15) is 5.10 Å². The zero-order valence-electron chi connectivity index (χ0n) is 11.3. The molecular weight excluding hydrogens is 288 g/mol. The van der Waals surface area contributed by atoms with Crippen molar-refractivity contribution in [2.24, 2.45) is 7.05 Å². The van der Waals surface area contributed by atoms with Crippen LogP contribution in [0.25, 0.3) is 22.4 Å². The number of benzene rings is 1. The van der Waals surface area contributed by atoms with Crippen molar-refractivity contribution in [1.82, 2.24) is 14.8 Å². The summed E-state index contributed by atoms with van der Waals surface area (Å²) in [5, 5.41) is 5.02. The smallest absolute Gasteiger partial charge is 0.191 e. The van der Waals surface area contributed by atoms with E-state index in [0.717, 1.165) is 11.1 Å². The minimum atomic E-state index is -0.109. The Morgan fingerprint density at radius 3 is 2.62 bits per heavy atom. The number of aromatic nitrogens is 3. The third kappa shape index (κ3) is 2.32. The minimum absolute atomic E-state index is 0.109. The Balaban J connectivity index is 2.28. The summed E-state index contributed by atoms with van der Waals surface area (Å²) in [6, 6.07) is 8.74. The van der Waals surface area contributed by atoms with Gasteiger partial charge in [0.05, 0.1) is 11.1 Å². The molecular formula is C15H13ClN4O. The van der Waals surface area contributed by atoms with Crippen molar-refractivity contribution >= 4 is 17.4 Å². The second-order valence-electron chi connectivity index (χ2n) is 4.66. The molecule has 0 radical (unpaired) electrons. The number of halogens is 1. The summed E-state index contributed by atoms with van der Waals surface area (Å²) >= 11 is 5.92. The van der Waals surface area contributed by atoms with Gasteiger partial charge < -0.3 is 10.7 Å². The maximum Gasteiger partial charge on any atom is 0.191 e. The molecule has 0 aliphatic heterocycles. The molecule has 2 heterocycles. The maximum atomic E-state index is 12.0. The van der Waals surface area contributed by atoms with Gasteiger partial charge in [-0.05, 0) is 17.7 Å². The van der Waals surface area contributed by atoms with E-state index < -0.39 is 0 Å². The fourth-order valence-electron chi connectivity index (χ4n) is 2.23. The van der Waals surface area contributed by atoms with Crippen LogP contribution in [0.3, 0.4) is 0 Å². The van der Waals surface area contributed by atoms with E-state index in [9.17, 15) is 4.79 Å². The third-order valence-corrected chi connectivity index (χ3v) is 3.56. The Morgan fingerprint density at radius 2 is 1.95 bits per heavy atom. The number of hydrogen-bond donors (Lipinski definition) is 2. The Bertz CT molecular complexity index is 849. The molecule has 0 saturated heterocycles. The zero-order valence-corrected chi connectivity index (χ0v) is 12.1. The molecule has 3 aromatic rings. The van der Waals surface area contributed by atoms with Gasteiger partial charge in [0.1, 0.15) is 11.5 Å². The molecule has 106 valence electrons. The van der Waals surface area contributed by atoms with Crippen LogP contribution in [0.2, 0.25) is 5.02 Å². The average molecular weight is 301 g/mol. The summed E-state index contributed by atoms with van der Waals surface area (Å²) in [5.41, 5.74) is 8.63. The van der Waals surface area contributed by atoms with Crippen molar-refractivity contribution in [3.8, 4) is 22.4 Å². The van der Waals surface area contributed by atoms with Crippen LogP contribution < -0.4 is 11.2 Å². The molecule has 2 aromatic heterocycles. The summed E-state index contributed by atoms with van der Waals surface area (Å²) < 4.78 is 1.56. The van der Waals surface area contributed by atoms with Crippen LogP contribution in [0, 0.1) is 0 Å². The highest BCUT2D eigenvalue weighted by Gasteiger charge is 2.19. The van der Waals surface area contributed by atoms with Crippen LogP contribution in [0.5, 0.6) is 0 Å². The van der Waals surface area contributed by atoms with E-state index in [4.69, 9.17) is 17.3 Å². The van der Waals surface area contributed by atoms with E-state index in [1.807, 2.05) is 12.1 Å². The Kier molecular flexibility index (Phi) is 3.27. The molecule has 0 aliphatic rings. The lowest BCUT2D eigenvalue weighted by molar-refractivity contribution is 0.782. The lowest BCUT2D eigenvalue weighted by Gasteiger charge is -2.04. The van der Waals surface area contributed by atoms with Crippen molar-refractivity contribution in [3.63, 3.8) is 0 Å². The molecule has 0 fully saturated rings. The first-order chi connectivity index (χ1) is 10.1. The van der Waals surface area contributed by atoms with Gasteiger partial charge >= 0.3 is 0 Å². The fraction of sp³-hybridized carbons (Fsp3) is 0.0667. The third-order valence-electron chi connectivity index (χ3n) is 3.30. The highest BCUT2D eigenvalue weighted by atomic mass is 35.5. The van der Waals surface area contributed by atoms with E-state index in [0.29, 0.717) is 22.1 Å². The highest BCUT2D eigenvalue weighted by Crippen LogP contribution is 2.34. The Morgan fingerprint density at radius 1 is 1.24 bits per heavy atom. The van der Waals surface area contributed by atoms with E-state index in [2.05, 4.69) is 10.1 Å². The van der Waals surface area contributed by atoms with Gasteiger partial charge in [-0.15, -0.1) is 0 Å². The summed E-state index contributed by atoms with van der Waals surface area (Å²) in [7, 11) is 1.75. The summed E-state index contributed by atoms with van der Waals surface area (Å²) in [5.74, 6) is 0.496. The molecule has 21 heavy (non-hydrogen) atoms. The molecule has 5 nitrogen and oxygen atoms in total. The van der Waals surface area contributed by atoms with Crippen LogP contribution in [0.15, 0.2) is 47.5 Å². The zero-order chi connectivity index (χ0) is 15.0. The molecule has 0 saturated carbocycles. The highest BCUT2D eigenvalue weighted by molar-refractivity contribution is 6.30. The van der Waals surface area contributed by atoms with E-state index in [1.54, 1.807) is 36.3 Å². The lowest BCUT2D eigenvalue weighted by Crippen LogP contribution is -2.04. The molecule has 0 bridgehead atoms. The quantitative estimate of drug-likeness (QED) is 0.764. The van der Waals surface area contributed by atoms with Crippen molar-refractivity contribution in [1.29, 1.82) is 0 Å². The van der Waals surface area contributed by atoms with E-state index in [-0.39, 0.29) is 5.43 Å². The molecule has 0 spiro atoms. The molecule has 3 N–H and O–H groups in total. The predicted octanol–water partition coefficient (Wildman–Crippen LogP) is 2.68. The molecule has 0 unspecified atom stereocenters. The minimum Gasteiger partial charge on any atom is -0.383 e. The Hall–Kier alpha value is -2.53. The van der Waals surface area contributed by atoms with Crippen LogP contribution in [-0.4, -0.2) is 14.8 Å². The van der Waals surface area contributed by atoms with Crippen LogP contribution in [0.4, 0.5) is 5.82 Å². The second kappa shape index (κ2) is 5.10. The van der Waals surface area contributed by atoms with Crippen molar-refractivity contribution < 1.29 is 0 Å². The largest absolute Gasteiger partial charge is 0.383 e. The number of anilines is 1. The number of rotatable bonds is 2. The summed E-state index contributed by atoms with van der Waals surface area (Å²) in [6.45, 7) is 0. The van der Waals surface area contributed by atoms with Crippen LogP contribution in [0.1, 0.15) is 0 Å². The number of nitrogens with one attached hydrogen (secondary N) is 1. The molecule has 0 aliphatic carbocycles. The molecule has 0 atom stereocenters. The van der Waals surface area contributed by atoms with Gasteiger partial charge in [-0.1, -0.05) is 23.7 Å². The second-order valence-corrected chi connectivity index (χ2v) is 5.10.